The van der Waals surface area contributed by atoms with Crippen LogP contribution in [0.15, 0.2) is 68.9 Å². The summed E-state index contributed by atoms with van der Waals surface area (Å²) in [5.41, 5.74) is 0. The van der Waals surface area contributed by atoms with E-state index in [0.717, 1.165) is 0 Å². The van der Waals surface area contributed by atoms with Crippen LogP contribution in [0.5, 0.6) is 0 Å². The van der Waals surface area contributed by atoms with Crippen LogP contribution >= 0.6 is 15.9 Å². The Hall–Kier alpha value is -1.26. The summed E-state index contributed by atoms with van der Waals surface area (Å²) >= 11 is 3.30. The lowest BCUT2D eigenvalue weighted by atomic mass is 10.4. The molecule has 1 heterocycles. The monoisotopic (exact) mass is 472 g/mol. The number of rotatable bonds is 6. The second kappa shape index (κ2) is 8.40. The lowest BCUT2D eigenvalue weighted by Crippen LogP contribution is -2.49. The van der Waals surface area contributed by atoms with Gasteiger partial charge in [0.25, 0.3) is 0 Å². The lowest BCUT2D eigenvalue weighted by molar-refractivity contribution is 0.197. The van der Waals surface area contributed by atoms with Gasteiger partial charge in [-0.25, -0.2) is 16.8 Å². The second-order valence-corrected chi connectivity index (χ2v) is 11.3. The van der Waals surface area contributed by atoms with Gasteiger partial charge in [-0.1, -0.05) is 40.2 Å². The molecule has 0 atom stereocenters. The summed E-state index contributed by atoms with van der Waals surface area (Å²) < 4.78 is 52.4. The first-order valence-corrected chi connectivity index (χ1v) is 12.4. The summed E-state index contributed by atoms with van der Waals surface area (Å²) in [7, 11) is -6.86. The molecule has 0 aromatic heterocycles. The Bertz CT molecular complexity index is 987. The molecule has 2 aromatic carbocycles. The average molecular weight is 473 g/mol. The fourth-order valence-corrected chi connectivity index (χ4v) is 6.29. The number of nitrogens with zero attached hydrogens (tertiary/aromatic N) is 2. The maximum atomic E-state index is 12.7. The summed E-state index contributed by atoms with van der Waals surface area (Å²) in [5.74, 6) is 0.0232. The first-order chi connectivity index (χ1) is 12.8. The van der Waals surface area contributed by atoms with E-state index in [0.29, 0.717) is 42.1 Å². The van der Waals surface area contributed by atoms with Gasteiger partial charge in [0.1, 0.15) is 0 Å². The largest absolute Gasteiger partial charge is 0.300 e. The number of benzene rings is 2. The van der Waals surface area contributed by atoms with Crippen molar-refractivity contribution in [2.75, 3.05) is 38.5 Å². The summed E-state index contributed by atoms with van der Waals surface area (Å²) in [6.07, 6.45) is 0. The van der Waals surface area contributed by atoms with Crippen molar-refractivity contribution >= 4 is 35.8 Å². The molecule has 27 heavy (non-hydrogen) atoms. The number of halogens is 1. The predicted octanol–water partition coefficient (Wildman–Crippen LogP) is 2.23. The molecule has 1 aliphatic rings. The minimum absolute atomic E-state index is 0.0232. The van der Waals surface area contributed by atoms with Crippen molar-refractivity contribution in [3.63, 3.8) is 0 Å². The normalized spacial score (nSPS) is 17.1. The van der Waals surface area contributed by atoms with E-state index in [1.807, 2.05) is 4.90 Å². The predicted molar refractivity (Wildman–Crippen MR) is 108 cm³/mol. The van der Waals surface area contributed by atoms with Gasteiger partial charge >= 0.3 is 0 Å². The van der Waals surface area contributed by atoms with Crippen LogP contribution in [0.25, 0.3) is 0 Å². The van der Waals surface area contributed by atoms with Gasteiger partial charge in [-0.05, 0) is 30.3 Å². The van der Waals surface area contributed by atoms with Crippen molar-refractivity contribution in [3.8, 4) is 0 Å². The molecule has 0 aliphatic carbocycles. The van der Waals surface area contributed by atoms with Crippen LogP contribution in [0.3, 0.4) is 0 Å². The molecule has 1 fully saturated rings. The average Bonchev–Trinajstić information content (AvgIpc) is 2.67. The maximum Gasteiger partial charge on any atom is 0.243 e. The van der Waals surface area contributed by atoms with E-state index in [9.17, 15) is 16.8 Å². The van der Waals surface area contributed by atoms with Crippen LogP contribution in [-0.4, -0.2) is 64.5 Å². The molecular weight excluding hydrogens is 452 g/mol. The lowest BCUT2D eigenvalue weighted by Gasteiger charge is -2.33. The third-order valence-corrected chi connectivity index (χ3v) is 8.64. The molecule has 0 radical (unpaired) electrons. The first-order valence-electron chi connectivity index (χ1n) is 8.55. The molecule has 2 aromatic rings. The molecule has 3 rings (SSSR count). The summed E-state index contributed by atoms with van der Waals surface area (Å²) in [6, 6.07) is 15.0. The minimum atomic E-state index is -3.54. The van der Waals surface area contributed by atoms with Crippen molar-refractivity contribution in [1.82, 2.24) is 9.21 Å². The molecule has 6 nitrogen and oxygen atoms in total. The van der Waals surface area contributed by atoms with E-state index >= 15 is 0 Å². The smallest absolute Gasteiger partial charge is 0.243 e. The van der Waals surface area contributed by atoms with E-state index in [1.54, 1.807) is 54.6 Å². The molecule has 0 saturated carbocycles. The van der Waals surface area contributed by atoms with Crippen molar-refractivity contribution in [2.45, 2.75) is 9.79 Å². The molecule has 0 spiro atoms. The number of piperazine rings is 1. The van der Waals surface area contributed by atoms with Crippen LogP contribution in [0.2, 0.25) is 0 Å². The van der Waals surface area contributed by atoms with E-state index in [4.69, 9.17) is 0 Å². The fourth-order valence-electron chi connectivity index (χ4n) is 2.96. The van der Waals surface area contributed by atoms with Crippen molar-refractivity contribution < 1.29 is 16.8 Å². The number of hydrogen-bond acceptors (Lipinski definition) is 5. The maximum absolute atomic E-state index is 12.7. The first kappa shape index (κ1) is 20.5. The fraction of sp³-hybridized carbons (Fsp3) is 0.333. The van der Waals surface area contributed by atoms with E-state index in [-0.39, 0.29) is 10.6 Å². The van der Waals surface area contributed by atoms with Crippen LogP contribution in [-0.2, 0) is 19.9 Å². The number of hydrogen-bond donors (Lipinski definition) is 0. The summed E-state index contributed by atoms with van der Waals surface area (Å²) in [6.45, 7) is 2.11. The Labute approximate surface area is 168 Å². The van der Waals surface area contributed by atoms with E-state index in [1.165, 1.54) is 4.31 Å². The molecule has 1 saturated heterocycles. The van der Waals surface area contributed by atoms with Gasteiger partial charge < -0.3 is 0 Å². The molecule has 0 bridgehead atoms. The molecule has 9 heteroatoms. The van der Waals surface area contributed by atoms with Crippen LogP contribution in [0.4, 0.5) is 0 Å². The Morgan fingerprint density at radius 2 is 1.44 bits per heavy atom. The molecule has 0 amide bonds. The van der Waals surface area contributed by atoms with Crippen molar-refractivity contribution in [2.24, 2.45) is 0 Å². The highest BCUT2D eigenvalue weighted by Gasteiger charge is 2.29. The molecular formula is C18H21BrN2O4S2. The minimum Gasteiger partial charge on any atom is -0.300 e. The Balaban J connectivity index is 1.58. The highest BCUT2D eigenvalue weighted by Crippen LogP contribution is 2.21. The zero-order chi connectivity index (χ0) is 19.5. The molecule has 0 unspecified atom stereocenters. The number of sulfonamides is 1. The Kier molecular flexibility index (Phi) is 6.37. The zero-order valence-electron chi connectivity index (χ0n) is 14.7. The molecule has 0 N–H and O–H groups in total. The van der Waals surface area contributed by atoms with Crippen LogP contribution < -0.4 is 0 Å². The molecule has 146 valence electrons. The highest BCUT2D eigenvalue weighted by molar-refractivity contribution is 9.10. The Morgan fingerprint density at radius 3 is 2.07 bits per heavy atom. The van der Waals surface area contributed by atoms with Gasteiger partial charge in [-0.15, -0.1) is 0 Å². The second-order valence-electron chi connectivity index (χ2n) is 6.34. The quantitative estimate of drug-likeness (QED) is 0.644. The van der Waals surface area contributed by atoms with Gasteiger partial charge in [0.15, 0.2) is 9.84 Å². The standard InChI is InChI=1S/C18H21BrN2O4S2/c19-16-5-4-8-18(15-16)27(24,25)21-11-9-20(10-12-21)13-14-26(22,23)17-6-2-1-3-7-17/h1-8,15H,9-14H2. The SMILES string of the molecule is O=S(=O)(CCN1CCN(S(=O)(=O)c2cccc(Br)c2)CC1)c1ccccc1. The summed E-state index contributed by atoms with van der Waals surface area (Å²) in [4.78, 5) is 2.57. The van der Waals surface area contributed by atoms with Crippen molar-refractivity contribution in [1.29, 1.82) is 0 Å². The van der Waals surface area contributed by atoms with Crippen LogP contribution in [0, 0.1) is 0 Å². The van der Waals surface area contributed by atoms with Gasteiger partial charge in [0, 0.05) is 37.2 Å². The van der Waals surface area contributed by atoms with E-state index < -0.39 is 19.9 Å². The third-order valence-electron chi connectivity index (χ3n) is 4.54. The van der Waals surface area contributed by atoms with E-state index in [2.05, 4.69) is 15.9 Å². The van der Waals surface area contributed by atoms with Crippen molar-refractivity contribution in [3.05, 3.63) is 59.1 Å². The summed E-state index contributed by atoms with van der Waals surface area (Å²) in [5, 5.41) is 0. The number of sulfone groups is 1. The highest BCUT2D eigenvalue weighted by atomic mass is 79.9. The topological polar surface area (TPSA) is 74.8 Å². The Morgan fingerprint density at radius 1 is 0.815 bits per heavy atom. The van der Waals surface area contributed by atoms with Gasteiger partial charge in [-0.3, -0.25) is 4.90 Å². The van der Waals surface area contributed by atoms with Crippen LogP contribution in [0.1, 0.15) is 0 Å². The van der Waals surface area contributed by atoms with Gasteiger partial charge in [0.2, 0.25) is 10.0 Å². The third kappa shape index (κ3) is 4.97. The zero-order valence-corrected chi connectivity index (χ0v) is 17.9. The van der Waals surface area contributed by atoms with Gasteiger partial charge in [0.05, 0.1) is 15.5 Å². The molecule has 1 aliphatic heterocycles. The van der Waals surface area contributed by atoms with Gasteiger partial charge in [-0.2, -0.15) is 4.31 Å².